The summed E-state index contributed by atoms with van der Waals surface area (Å²) in [5, 5.41) is 0. The fourth-order valence-corrected chi connectivity index (χ4v) is 1.67. The van der Waals surface area contributed by atoms with Gasteiger partial charge in [-0.2, -0.15) is 0 Å². The summed E-state index contributed by atoms with van der Waals surface area (Å²) in [5.74, 6) is -3.11. The highest BCUT2D eigenvalue weighted by Gasteiger charge is 2.39. The fraction of sp³-hybridized carbons (Fsp3) is 0.364. The van der Waals surface area contributed by atoms with Gasteiger partial charge in [-0.3, -0.25) is 0 Å². The molecule has 0 radical (unpaired) electrons. The number of nitrogens with zero attached hydrogens (tertiary/aromatic N) is 1. The van der Waals surface area contributed by atoms with Crippen molar-refractivity contribution in [2.24, 2.45) is 0 Å². The summed E-state index contributed by atoms with van der Waals surface area (Å²) in [6, 6.07) is 1.12. The molecule has 0 saturated carbocycles. The van der Waals surface area contributed by atoms with Crippen LogP contribution in [0.1, 0.15) is 5.56 Å². The lowest BCUT2D eigenvalue weighted by Crippen LogP contribution is -2.14. The molecule has 0 bridgehead atoms. The van der Waals surface area contributed by atoms with Gasteiger partial charge in [-0.25, -0.2) is 18.0 Å². The molecule has 0 aliphatic carbocycles. The molecule has 1 heterocycles. The average Bonchev–Trinajstić information content (AvgIpc) is 3.04. The van der Waals surface area contributed by atoms with Gasteiger partial charge in [0.25, 0.3) is 0 Å². The quantitative estimate of drug-likeness (QED) is 0.589. The largest absolute Gasteiger partial charge is 0.453 e. The minimum atomic E-state index is -1.22. The van der Waals surface area contributed by atoms with Crippen LogP contribution in [0.15, 0.2) is 12.1 Å². The van der Waals surface area contributed by atoms with Crippen molar-refractivity contribution in [2.45, 2.75) is 12.5 Å². The third-order valence-electron chi connectivity index (χ3n) is 2.67. The molecule has 0 spiro atoms. The Hall–Kier alpha value is -1.72. The maximum absolute atomic E-state index is 13.3. The second kappa shape index (κ2) is 4.27. The zero-order valence-corrected chi connectivity index (χ0v) is 9.04. The van der Waals surface area contributed by atoms with Crippen molar-refractivity contribution < 1.29 is 22.7 Å². The SMILES string of the molecule is COC(=O)N1CC1Cc1cc(F)c(F)cc1F. The first-order chi connectivity index (χ1) is 8.02. The molecule has 92 valence electrons. The molecule has 17 heavy (non-hydrogen) atoms. The van der Waals surface area contributed by atoms with Crippen LogP contribution in [0.2, 0.25) is 0 Å². The van der Waals surface area contributed by atoms with E-state index in [-0.39, 0.29) is 18.0 Å². The number of methoxy groups -OCH3 is 1. The second-order valence-electron chi connectivity index (χ2n) is 3.84. The number of benzene rings is 1. The average molecular weight is 245 g/mol. The molecule has 0 N–H and O–H groups in total. The molecule has 1 saturated heterocycles. The summed E-state index contributed by atoms with van der Waals surface area (Å²) in [4.78, 5) is 12.4. The van der Waals surface area contributed by atoms with Crippen LogP contribution in [0, 0.1) is 17.5 Å². The molecule has 1 atom stereocenters. The van der Waals surface area contributed by atoms with Crippen molar-refractivity contribution in [1.29, 1.82) is 0 Å². The van der Waals surface area contributed by atoms with Gasteiger partial charge in [-0.05, 0) is 18.1 Å². The van der Waals surface area contributed by atoms with Crippen molar-refractivity contribution >= 4 is 6.09 Å². The number of rotatable bonds is 2. The van der Waals surface area contributed by atoms with Gasteiger partial charge >= 0.3 is 6.09 Å². The molecule has 3 nitrogen and oxygen atoms in total. The summed E-state index contributed by atoms with van der Waals surface area (Å²) in [7, 11) is 1.25. The van der Waals surface area contributed by atoms with E-state index in [2.05, 4.69) is 4.74 Å². The van der Waals surface area contributed by atoms with Crippen LogP contribution in [0.3, 0.4) is 0 Å². The highest BCUT2D eigenvalue weighted by molar-refractivity contribution is 5.70. The van der Waals surface area contributed by atoms with Crippen LogP contribution in [0.5, 0.6) is 0 Å². The Morgan fingerprint density at radius 3 is 2.65 bits per heavy atom. The standard InChI is InChI=1S/C11H10F3NO2/c1-17-11(16)15-5-7(15)2-6-3-9(13)10(14)4-8(6)12/h3-4,7H,2,5H2,1H3. The van der Waals surface area contributed by atoms with Crippen molar-refractivity contribution in [3.8, 4) is 0 Å². The molecule has 0 aromatic heterocycles. The molecule has 1 fully saturated rings. The monoisotopic (exact) mass is 245 g/mol. The molecule has 6 heteroatoms. The summed E-state index contributed by atoms with van der Waals surface area (Å²) >= 11 is 0. The Labute approximate surface area is 95.8 Å². The molecule has 1 aromatic carbocycles. The Bertz CT molecular complexity index is 464. The van der Waals surface area contributed by atoms with Gasteiger partial charge in [0, 0.05) is 12.6 Å². The van der Waals surface area contributed by atoms with Gasteiger partial charge in [-0.15, -0.1) is 0 Å². The minimum absolute atomic E-state index is 0.0558. The second-order valence-corrected chi connectivity index (χ2v) is 3.84. The van der Waals surface area contributed by atoms with Crippen molar-refractivity contribution in [3.05, 3.63) is 35.1 Å². The number of carbonyl (C=O) groups excluding carboxylic acids is 1. The molecule has 1 aromatic rings. The Kier molecular flexibility index (Phi) is 2.95. The zero-order chi connectivity index (χ0) is 12.6. The van der Waals surface area contributed by atoms with Gasteiger partial charge in [0.15, 0.2) is 11.6 Å². The lowest BCUT2D eigenvalue weighted by atomic mass is 10.1. The van der Waals surface area contributed by atoms with Crippen molar-refractivity contribution in [1.82, 2.24) is 4.90 Å². The highest BCUT2D eigenvalue weighted by atomic mass is 19.2. The van der Waals surface area contributed by atoms with E-state index >= 15 is 0 Å². The van der Waals surface area contributed by atoms with E-state index in [1.54, 1.807) is 0 Å². The first-order valence-electron chi connectivity index (χ1n) is 5.01. The van der Waals surface area contributed by atoms with Gasteiger partial charge in [0.05, 0.1) is 13.2 Å². The van der Waals surface area contributed by atoms with Crippen molar-refractivity contribution in [3.63, 3.8) is 0 Å². The lowest BCUT2D eigenvalue weighted by molar-refractivity contribution is 0.153. The van der Waals surface area contributed by atoms with E-state index in [1.807, 2.05) is 0 Å². The molecule has 2 rings (SSSR count). The third-order valence-corrected chi connectivity index (χ3v) is 2.67. The van der Waals surface area contributed by atoms with Gasteiger partial charge in [-0.1, -0.05) is 0 Å². The van der Waals surface area contributed by atoms with Crippen LogP contribution in [0.4, 0.5) is 18.0 Å². The summed E-state index contributed by atoms with van der Waals surface area (Å²) in [5.41, 5.74) is 0.0558. The van der Waals surface area contributed by atoms with Crippen molar-refractivity contribution in [2.75, 3.05) is 13.7 Å². The Morgan fingerprint density at radius 1 is 1.35 bits per heavy atom. The normalized spacial score (nSPS) is 18.1. The van der Waals surface area contributed by atoms with Crippen LogP contribution in [-0.4, -0.2) is 30.7 Å². The minimum Gasteiger partial charge on any atom is -0.453 e. The zero-order valence-electron chi connectivity index (χ0n) is 9.04. The molecule has 1 aliphatic heterocycles. The van der Waals surface area contributed by atoms with E-state index in [0.717, 1.165) is 6.07 Å². The van der Waals surface area contributed by atoms with E-state index in [4.69, 9.17) is 0 Å². The lowest BCUT2D eigenvalue weighted by Gasteiger charge is -2.04. The van der Waals surface area contributed by atoms with Gasteiger partial charge in [0.1, 0.15) is 5.82 Å². The molecule has 1 amide bonds. The van der Waals surface area contributed by atoms with Crippen LogP contribution < -0.4 is 0 Å². The number of halogens is 3. The molecular weight excluding hydrogens is 235 g/mol. The van der Waals surface area contributed by atoms with Crippen LogP contribution >= 0.6 is 0 Å². The maximum atomic E-state index is 13.3. The number of ether oxygens (including phenoxy) is 1. The first-order valence-corrected chi connectivity index (χ1v) is 5.01. The maximum Gasteiger partial charge on any atom is 0.409 e. The summed E-state index contributed by atoms with van der Waals surface area (Å²) in [6.45, 7) is 0.436. The van der Waals surface area contributed by atoms with E-state index < -0.39 is 23.5 Å². The van der Waals surface area contributed by atoms with Crippen LogP contribution in [0.25, 0.3) is 0 Å². The molecule has 1 unspecified atom stereocenters. The first kappa shape index (κ1) is 11.8. The summed E-state index contributed by atoms with van der Waals surface area (Å²) in [6.07, 6.45) is -0.351. The highest BCUT2D eigenvalue weighted by Crippen LogP contribution is 2.25. The number of hydrogen-bond donors (Lipinski definition) is 0. The molecule has 1 aliphatic rings. The predicted octanol–water partition coefficient (Wildman–Crippen LogP) is 2.10. The summed E-state index contributed by atoms with van der Waals surface area (Å²) < 4.78 is 43.3. The Balaban J connectivity index is 2.06. The number of amides is 1. The predicted molar refractivity (Wildman–Crippen MR) is 52.9 cm³/mol. The molecular formula is C11H10F3NO2. The van der Waals surface area contributed by atoms with Gasteiger partial charge in [0.2, 0.25) is 0 Å². The number of hydrogen-bond acceptors (Lipinski definition) is 2. The topological polar surface area (TPSA) is 29.3 Å². The Morgan fingerprint density at radius 2 is 2.00 bits per heavy atom. The van der Waals surface area contributed by atoms with E-state index in [0.29, 0.717) is 12.6 Å². The number of carbonyl (C=O) groups is 1. The third kappa shape index (κ3) is 2.35. The van der Waals surface area contributed by atoms with E-state index in [1.165, 1.54) is 12.0 Å². The van der Waals surface area contributed by atoms with E-state index in [9.17, 15) is 18.0 Å². The van der Waals surface area contributed by atoms with Gasteiger partial charge < -0.3 is 9.64 Å². The smallest absolute Gasteiger partial charge is 0.409 e. The van der Waals surface area contributed by atoms with Crippen LogP contribution in [-0.2, 0) is 11.2 Å². The fourth-order valence-electron chi connectivity index (χ4n) is 1.67.